The van der Waals surface area contributed by atoms with Crippen molar-refractivity contribution in [1.82, 2.24) is 4.31 Å². The summed E-state index contributed by atoms with van der Waals surface area (Å²) in [7, 11) is -0.681. The van der Waals surface area contributed by atoms with Crippen LogP contribution in [0.25, 0.3) is 0 Å². The third kappa shape index (κ3) is 4.47. The van der Waals surface area contributed by atoms with E-state index in [9.17, 15) is 13.2 Å². The number of rotatable bonds is 6. The number of para-hydroxylation sites is 1. The highest BCUT2D eigenvalue weighted by atomic mass is 32.2. The van der Waals surface area contributed by atoms with Crippen molar-refractivity contribution in [3.63, 3.8) is 0 Å². The van der Waals surface area contributed by atoms with E-state index in [0.717, 1.165) is 15.4 Å². The molecule has 0 spiro atoms. The van der Waals surface area contributed by atoms with Gasteiger partial charge in [0, 0.05) is 25.3 Å². The first-order valence-corrected chi connectivity index (χ1v) is 10.3. The van der Waals surface area contributed by atoms with Crippen LogP contribution in [0.2, 0.25) is 0 Å². The molecular weight excluding hydrogens is 372 g/mol. The van der Waals surface area contributed by atoms with Gasteiger partial charge in [0.25, 0.3) is 5.91 Å². The van der Waals surface area contributed by atoms with Crippen LogP contribution in [0.15, 0.2) is 83.8 Å². The number of carbonyl (C=O) groups excluding carboxylic acids is 1. The van der Waals surface area contributed by atoms with E-state index in [0.29, 0.717) is 12.1 Å². The van der Waals surface area contributed by atoms with E-state index in [2.05, 4.69) is 5.32 Å². The second kappa shape index (κ2) is 8.37. The maximum atomic E-state index is 12.7. The molecule has 0 unspecified atom stereocenters. The van der Waals surface area contributed by atoms with Gasteiger partial charge in [0.05, 0.1) is 4.90 Å². The first-order valence-electron chi connectivity index (χ1n) is 8.84. The zero-order valence-electron chi connectivity index (χ0n) is 15.8. The Bertz CT molecular complexity index is 1080. The molecule has 1 amide bonds. The predicted octanol–water partition coefficient (Wildman–Crippen LogP) is 3.78. The lowest BCUT2D eigenvalue weighted by Crippen LogP contribution is -2.22. The number of amides is 1. The number of sulfonamides is 1. The largest absolute Gasteiger partial charge is 0.322 e. The lowest BCUT2D eigenvalue weighted by atomic mass is 10.0. The van der Waals surface area contributed by atoms with Crippen molar-refractivity contribution < 1.29 is 13.2 Å². The van der Waals surface area contributed by atoms with Gasteiger partial charge < -0.3 is 5.32 Å². The molecule has 0 saturated carbocycles. The van der Waals surface area contributed by atoms with E-state index in [1.165, 1.54) is 26.2 Å². The molecule has 6 heteroatoms. The van der Waals surface area contributed by atoms with E-state index in [-0.39, 0.29) is 16.4 Å². The molecule has 0 aliphatic rings. The van der Waals surface area contributed by atoms with Crippen LogP contribution < -0.4 is 5.32 Å². The molecule has 3 aromatic carbocycles. The van der Waals surface area contributed by atoms with Crippen LogP contribution in [-0.4, -0.2) is 32.7 Å². The molecule has 0 bridgehead atoms. The first-order chi connectivity index (χ1) is 13.4. The maximum Gasteiger partial charge on any atom is 0.255 e. The number of nitrogens with one attached hydrogen (secondary N) is 1. The van der Waals surface area contributed by atoms with Gasteiger partial charge in [-0.05, 0) is 41.8 Å². The summed E-state index contributed by atoms with van der Waals surface area (Å²) in [6, 6.07) is 23.6. The number of carbonyl (C=O) groups is 1. The number of benzene rings is 3. The van der Waals surface area contributed by atoms with Crippen molar-refractivity contribution in [2.75, 3.05) is 19.4 Å². The number of hydrogen-bond acceptors (Lipinski definition) is 3. The smallest absolute Gasteiger partial charge is 0.255 e. The molecule has 28 heavy (non-hydrogen) atoms. The second-order valence-electron chi connectivity index (χ2n) is 6.59. The highest BCUT2D eigenvalue weighted by Crippen LogP contribution is 2.21. The lowest BCUT2D eigenvalue weighted by molar-refractivity contribution is 0.102. The third-order valence-corrected chi connectivity index (χ3v) is 6.19. The van der Waals surface area contributed by atoms with Gasteiger partial charge in [-0.25, -0.2) is 12.7 Å². The molecule has 0 saturated heterocycles. The van der Waals surface area contributed by atoms with Crippen LogP contribution in [0, 0.1) is 0 Å². The molecule has 5 nitrogen and oxygen atoms in total. The summed E-state index contributed by atoms with van der Waals surface area (Å²) in [5.41, 5.74) is 3.12. The Hall–Kier alpha value is -2.96. The summed E-state index contributed by atoms with van der Waals surface area (Å²) in [6.07, 6.45) is 0.687. The van der Waals surface area contributed by atoms with Crippen LogP contribution in [0.4, 0.5) is 5.69 Å². The van der Waals surface area contributed by atoms with Crippen LogP contribution in [0.1, 0.15) is 21.5 Å². The van der Waals surface area contributed by atoms with Gasteiger partial charge >= 0.3 is 0 Å². The summed E-state index contributed by atoms with van der Waals surface area (Å²) >= 11 is 0. The van der Waals surface area contributed by atoms with Crippen molar-refractivity contribution in [3.05, 3.63) is 95.6 Å². The van der Waals surface area contributed by atoms with Crippen molar-refractivity contribution in [2.45, 2.75) is 11.3 Å². The minimum atomic E-state index is -3.60. The predicted molar refractivity (Wildman–Crippen MR) is 111 cm³/mol. The molecule has 3 rings (SSSR count). The van der Waals surface area contributed by atoms with Gasteiger partial charge in [0.15, 0.2) is 0 Å². The topological polar surface area (TPSA) is 66.5 Å². The summed E-state index contributed by atoms with van der Waals surface area (Å²) < 4.78 is 25.8. The quantitative estimate of drug-likeness (QED) is 0.692. The average molecular weight is 394 g/mol. The molecule has 0 radical (unpaired) electrons. The molecule has 0 aromatic heterocycles. The zero-order valence-corrected chi connectivity index (χ0v) is 16.6. The fraction of sp³-hybridized carbons (Fsp3) is 0.136. The van der Waals surface area contributed by atoms with Crippen LogP contribution >= 0.6 is 0 Å². The maximum absolute atomic E-state index is 12.7. The number of nitrogens with zero attached hydrogens (tertiary/aromatic N) is 1. The normalized spacial score (nSPS) is 11.4. The number of anilines is 1. The minimum Gasteiger partial charge on any atom is -0.322 e. The van der Waals surface area contributed by atoms with Crippen LogP contribution in [0.5, 0.6) is 0 Å². The molecule has 0 heterocycles. The van der Waals surface area contributed by atoms with Gasteiger partial charge in [0.2, 0.25) is 10.0 Å². The fourth-order valence-electron chi connectivity index (χ4n) is 2.82. The van der Waals surface area contributed by atoms with Crippen molar-refractivity contribution in [2.24, 2.45) is 0 Å². The Labute approximate surface area is 165 Å². The minimum absolute atomic E-state index is 0.0859. The van der Waals surface area contributed by atoms with Crippen molar-refractivity contribution in [3.8, 4) is 0 Å². The average Bonchev–Trinajstić information content (AvgIpc) is 2.70. The third-order valence-electron chi connectivity index (χ3n) is 4.38. The van der Waals surface area contributed by atoms with Crippen LogP contribution in [-0.2, 0) is 16.4 Å². The summed E-state index contributed by atoms with van der Waals surface area (Å²) in [4.78, 5) is 12.8. The Balaban J connectivity index is 1.85. The van der Waals surface area contributed by atoms with Crippen LogP contribution in [0.3, 0.4) is 0 Å². The molecule has 144 valence electrons. The van der Waals surface area contributed by atoms with Gasteiger partial charge in [-0.2, -0.15) is 0 Å². The standard InChI is InChI=1S/C22H22N2O3S/c1-24(2)28(26,27)20-13-8-12-19(16-20)22(25)23-21-14-7-6-11-18(21)15-17-9-4-3-5-10-17/h3-14,16H,15H2,1-2H3,(H,23,25). The Morgan fingerprint density at radius 1 is 0.893 bits per heavy atom. The van der Waals surface area contributed by atoms with E-state index in [4.69, 9.17) is 0 Å². The molecule has 0 aliphatic heterocycles. The molecule has 0 fully saturated rings. The van der Waals surface area contributed by atoms with E-state index < -0.39 is 10.0 Å². The molecule has 0 atom stereocenters. The molecule has 3 aromatic rings. The molecule has 0 aliphatic carbocycles. The number of hydrogen-bond donors (Lipinski definition) is 1. The van der Waals surface area contributed by atoms with Gasteiger partial charge in [0.1, 0.15) is 0 Å². The molecule has 1 N–H and O–H groups in total. The monoisotopic (exact) mass is 394 g/mol. The Morgan fingerprint density at radius 3 is 2.29 bits per heavy atom. The first kappa shape index (κ1) is 19.8. The van der Waals surface area contributed by atoms with Gasteiger partial charge in [-0.1, -0.05) is 54.6 Å². The fourth-order valence-corrected chi connectivity index (χ4v) is 3.76. The second-order valence-corrected chi connectivity index (χ2v) is 8.74. The van der Waals surface area contributed by atoms with E-state index in [1.54, 1.807) is 12.1 Å². The van der Waals surface area contributed by atoms with Gasteiger partial charge in [-0.15, -0.1) is 0 Å². The highest BCUT2D eigenvalue weighted by molar-refractivity contribution is 7.89. The summed E-state index contributed by atoms with van der Waals surface area (Å²) in [5.74, 6) is -0.351. The Kier molecular flexibility index (Phi) is 5.92. The van der Waals surface area contributed by atoms with E-state index >= 15 is 0 Å². The van der Waals surface area contributed by atoms with Crippen molar-refractivity contribution >= 4 is 21.6 Å². The van der Waals surface area contributed by atoms with E-state index in [1.807, 2.05) is 54.6 Å². The summed E-state index contributed by atoms with van der Waals surface area (Å²) in [6.45, 7) is 0. The molecular formula is C22H22N2O3S. The summed E-state index contributed by atoms with van der Waals surface area (Å²) in [5, 5.41) is 2.91. The zero-order chi connectivity index (χ0) is 20.1. The van der Waals surface area contributed by atoms with Gasteiger partial charge in [-0.3, -0.25) is 4.79 Å². The Morgan fingerprint density at radius 2 is 1.57 bits per heavy atom. The highest BCUT2D eigenvalue weighted by Gasteiger charge is 2.19. The van der Waals surface area contributed by atoms with Crippen molar-refractivity contribution in [1.29, 1.82) is 0 Å². The lowest BCUT2D eigenvalue weighted by Gasteiger charge is -2.13. The SMILES string of the molecule is CN(C)S(=O)(=O)c1cccc(C(=O)Nc2ccccc2Cc2ccccc2)c1.